The van der Waals surface area contributed by atoms with Crippen molar-refractivity contribution in [1.29, 1.82) is 0 Å². The first-order valence-electron chi connectivity index (χ1n) is 9.23. The summed E-state index contributed by atoms with van der Waals surface area (Å²) < 4.78 is 1.87. The lowest BCUT2D eigenvalue weighted by molar-refractivity contribution is 0.0764. The molecule has 2 fully saturated rings. The third-order valence-corrected chi connectivity index (χ3v) is 5.48. The first-order valence-corrected chi connectivity index (χ1v) is 9.23. The van der Waals surface area contributed by atoms with Crippen molar-refractivity contribution in [3.63, 3.8) is 0 Å². The van der Waals surface area contributed by atoms with Gasteiger partial charge in [0, 0.05) is 19.6 Å². The predicted octanol–water partition coefficient (Wildman–Crippen LogP) is 1.15. The highest BCUT2D eigenvalue weighted by Crippen LogP contribution is 2.19. The summed E-state index contributed by atoms with van der Waals surface area (Å²) in [7, 11) is 4.06. The predicted molar refractivity (Wildman–Crippen MR) is 93.0 cm³/mol. The largest absolute Gasteiger partial charge is 0.340 e. The Hall–Kier alpha value is -1.47. The van der Waals surface area contributed by atoms with E-state index in [1.54, 1.807) is 4.90 Å². The van der Waals surface area contributed by atoms with Gasteiger partial charge in [-0.15, -0.1) is 5.10 Å². The molecule has 2 saturated heterocycles. The number of carbonyl (C=O) groups excluding carboxylic acids is 1. The number of amides is 1. The van der Waals surface area contributed by atoms with Gasteiger partial charge >= 0.3 is 0 Å². The second-order valence-corrected chi connectivity index (χ2v) is 7.21. The van der Waals surface area contributed by atoms with Gasteiger partial charge in [-0.3, -0.25) is 4.79 Å². The highest BCUT2D eigenvalue weighted by Gasteiger charge is 2.23. The lowest BCUT2D eigenvalue weighted by Crippen LogP contribution is -2.39. The molecule has 2 aliphatic rings. The number of carbonyl (C=O) groups is 1. The van der Waals surface area contributed by atoms with Crippen LogP contribution in [0.1, 0.15) is 55.1 Å². The Labute approximate surface area is 144 Å². The van der Waals surface area contributed by atoms with Gasteiger partial charge in [-0.1, -0.05) is 11.6 Å². The lowest BCUT2D eigenvalue weighted by atomic mass is 10.00. The molecule has 0 aliphatic carbocycles. The Kier molecular flexibility index (Phi) is 5.84. The molecule has 0 radical (unpaired) electrons. The van der Waals surface area contributed by atoms with E-state index in [1.165, 1.54) is 25.8 Å². The van der Waals surface area contributed by atoms with Gasteiger partial charge in [0.15, 0.2) is 5.69 Å². The molecule has 0 bridgehead atoms. The van der Waals surface area contributed by atoms with E-state index >= 15 is 0 Å². The number of aromatic nitrogens is 3. The molecule has 3 rings (SSSR count). The number of piperidine rings is 2. The first-order chi connectivity index (χ1) is 11.6. The molecule has 1 aromatic rings. The summed E-state index contributed by atoms with van der Waals surface area (Å²) in [6.45, 7) is 3.95. The minimum atomic E-state index is -0.0198. The molecule has 3 heterocycles. The van der Waals surface area contributed by atoms with Crippen molar-refractivity contribution in [2.75, 3.05) is 40.3 Å². The highest BCUT2D eigenvalue weighted by atomic mass is 16.2. The number of nitrogens with one attached hydrogen (secondary N) is 1. The molecule has 1 aromatic heterocycles. The summed E-state index contributed by atoms with van der Waals surface area (Å²) >= 11 is 0. The van der Waals surface area contributed by atoms with Crippen molar-refractivity contribution in [1.82, 2.24) is 30.1 Å². The van der Waals surface area contributed by atoms with Crippen LogP contribution in [0.15, 0.2) is 6.20 Å². The SMILES string of the molecule is CN(CCC1CCCCN1C)C(=O)c1cn(C2CCNCC2)nn1. The Morgan fingerprint density at radius 1 is 1.33 bits per heavy atom. The van der Waals surface area contributed by atoms with Crippen LogP contribution < -0.4 is 5.32 Å². The summed E-state index contributed by atoms with van der Waals surface area (Å²) in [5.41, 5.74) is 0.466. The minimum Gasteiger partial charge on any atom is -0.340 e. The minimum absolute atomic E-state index is 0.0198. The second kappa shape index (κ2) is 8.07. The summed E-state index contributed by atoms with van der Waals surface area (Å²) in [4.78, 5) is 16.8. The van der Waals surface area contributed by atoms with Crippen LogP contribution in [0, 0.1) is 0 Å². The number of likely N-dealkylation sites (tertiary alicyclic amines) is 1. The maximum Gasteiger partial charge on any atom is 0.275 e. The van der Waals surface area contributed by atoms with E-state index in [-0.39, 0.29) is 5.91 Å². The van der Waals surface area contributed by atoms with E-state index in [2.05, 4.69) is 27.6 Å². The number of hydrogen-bond acceptors (Lipinski definition) is 5. The zero-order valence-corrected chi connectivity index (χ0v) is 14.9. The molecule has 0 aromatic carbocycles. The quantitative estimate of drug-likeness (QED) is 0.875. The van der Waals surface area contributed by atoms with Crippen molar-refractivity contribution in [3.8, 4) is 0 Å². The van der Waals surface area contributed by atoms with Crippen LogP contribution in [0.3, 0.4) is 0 Å². The number of nitrogens with zero attached hydrogens (tertiary/aromatic N) is 5. The van der Waals surface area contributed by atoms with Crippen LogP contribution >= 0.6 is 0 Å². The van der Waals surface area contributed by atoms with Gasteiger partial charge in [-0.05, 0) is 58.8 Å². The van der Waals surface area contributed by atoms with Crippen LogP contribution in [-0.2, 0) is 0 Å². The molecular formula is C17H30N6O. The summed E-state index contributed by atoms with van der Waals surface area (Å²) in [5.74, 6) is -0.0198. The summed E-state index contributed by atoms with van der Waals surface area (Å²) in [6, 6.07) is 0.959. The Balaban J connectivity index is 1.52. The van der Waals surface area contributed by atoms with E-state index in [4.69, 9.17) is 0 Å². The van der Waals surface area contributed by atoms with Crippen molar-refractivity contribution in [3.05, 3.63) is 11.9 Å². The molecule has 1 atom stereocenters. The molecule has 7 nitrogen and oxygen atoms in total. The number of hydrogen-bond donors (Lipinski definition) is 1. The third kappa shape index (κ3) is 4.13. The molecule has 134 valence electrons. The van der Waals surface area contributed by atoms with E-state index in [9.17, 15) is 4.79 Å². The molecule has 1 unspecified atom stereocenters. The van der Waals surface area contributed by atoms with Crippen LogP contribution in [-0.4, -0.2) is 77.0 Å². The Morgan fingerprint density at radius 2 is 2.12 bits per heavy atom. The van der Waals surface area contributed by atoms with Crippen LogP contribution in [0.2, 0.25) is 0 Å². The van der Waals surface area contributed by atoms with Gasteiger partial charge in [0.05, 0.1) is 12.2 Å². The fraction of sp³-hybridized carbons (Fsp3) is 0.824. The summed E-state index contributed by atoms with van der Waals surface area (Å²) in [6.07, 6.45) is 8.77. The van der Waals surface area contributed by atoms with E-state index in [0.717, 1.165) is 38.9 Å². The first kappa shape index (κ1) is 17.4. The van der Waals surface area contributed by atoms with Gasteiger partial charge in [0.25, 0.3) is 5.91 Å². The van der Waals surface area contributed by atoms with Crippen molar-refractivity contribution >= 4 is 5.91 Å². The standard InChI is InChI=1S/C17H30N6O/c1-21-11-4-3-5-14(21)8-12-22(2)17(24)16-13-23(20-19-16)15-6-9-18-10-7-15/h13-15,18H,3-12H2,1-2H3. The average molecular weight is 334 g/mol. The van der Waals surface area contributed by atoms with E-state index in [1.807, 2.05) is 17.9 Å². The molecule has 2 aliphatic heterocycles. The molecule has 7 heteroatoms. The number of rotatable bonds is 5. The average Bonchev–Trinajstić information content (AvgIpc) is 3.11. The zero-order valence-electron chi connectivity index (χ0n) is 14.9. The van der Waals surface area contributed by atoms with Crippen molar-refractivity contribution < 1.29 is 4.79 Å². The van der Waals surface area contributed by atoms with Crippen LogP contribution in [0.5, 0.6) is 0 Å². The van der Waals surface area contributed by atoms with Gasteiger partial charge in [-0.25, -0.2) is 4.68 Å². The van der Waals surface area contributed by atoms with E-state index < -0.39 is 0 Å². The molecule has 0 saturated carbocycles. The van der Waals surface area contributed by atoms with Crippen LogP contribution in [0.4, 0.5) is 0 Å². The van der Waals surface area contributed by atoms with Gasteiger partial charge in [0.1, 0.15) is 0 Å². The third-order valence-electron chi connectivity index (χ3n) is 5.48. The lowest BCUT2D eigenvalue weighted by Gasteiger charge is -2.33. The maximum atomic E-state index is 12.6. The summed E-state index contributed by atoms with van der Waals surface area (Å²) in [5, 5.41) is 11.6. The monoisotopic (exact) mass is 334 g/mol. The van der Waals surface area contributed by atoms with Gasteiger partial charge in [-0.2, -0.15) is 0 Å². The molecule has 1 N–H and O–H groups in total. The van der Waals surface area contributed by atoms with Crippen LogP contribution in [0.25, 0.3) is 0 Å². The van der Waals surface area contributed by atoms with Gasteiger partial charge in [0.2, 0.25) is 0 Å². The molecule has 24 heavy (non-hydrogen) atoms. The van der Waals surface area contributed by atoms with Gasteiger partial charge < -0.3 is 15.1 Å². The Morgan fingerprint density at radius 3 is 2.88 bits per heavy atom. The fourth-order valence-corrected chi connectivity index (χ4v) is 3.77. The topological polar surface area (TPSA) is 66.3 Å². The fourth-order valence-electron chi connectivity index (χ4n) is 3.77. The highest BCUT2D eigenvalue weighted by molar-refractivity contribution is 5.91. The van der Waals surface area contributed by atoms with Crippen molar-refractivity contribution in [2.24, 2.45) is 0 Å². The molecule has 1 amide bonds. The normalized spacial score (nSPS) is 23.3. The molecular weight excluding hydrogens is 304 g/mol. The maximum absolute atomic E-state index is 12.6. The van der Waals surface area contributed by atoms with Crippen molar-refractivity contribution in [2.45, 2.75) is 50.6 Å². The molecule has 0 spiro atoms. The zero-order chi connectivity index (χ0) is 16.9. The second-order valence-electron chi connectivity index (χ2n) is 7.21. The Bertz CT molecular complexity index is 539. The smallest absolute Gasteiger partial charge is 0.275 e. The van der Waals surface area contributed by atoms with E-state index in [0.29, 0.717) is 17.8 Å².